The Morgan fingerprint density at radius 2 is 2.07 bits per heavy atom. The highest BCUT2D eigenvalue weighted by Crippen LogP contribution is 2.24. The fourth-order valence-corrected chi connectivity index (χ4v) is 2.06. The van der Waals surface area contributed by atoms with Crippen LogP contribution in [0.1, 0.15) is 5.56 Å². The fourth-order valence-electron chi connectivity index (χ4n) is 1.69. The van der Waals surface area contributed by atoms with Crippen molar-refractivity contribution >= 4 is 32.5 Å². The van der Waals surface area contributed by atoms with Crippen LogP contribution < -0.4 is 11.3 Å². The molecule has 0 saturated heterocycles. The number of nitrogen functional groups attached to an aromatic ring is 1. The Morgan fingerprint density at radius 1 is 1.40 bits per heavy atom. The van der Waals surface area contributed by atoms with E-state index >= 15 is 0 Å². The Hall–Kier alpha value is -1.29. The quantitative estimate of drug-likeness (QED) is 0.795. The summed E-state index contributed by atoms with van der Waals surface area (Å²) in [5.74, 6) is 0. The molecule has 2 rings (SSSR count). The van der Waals surface area contributed by atoms with Gasteiger partial charge in [-0.1, -0.05) is 15.9 Å². The van der Waals surface area contributed by atoms with Gasteiger partial charge in [-0.2, -0.15) is 0 Å². The summed E-state index contributed by atoms with van der Waals surface area (Å²) >= 11 is 3.39. The Balaban J connectivity index is 3.07. The van der Waals surface area contributed by atoms with Crippen molar-refractivity contribution in [3.63, 3.8) is 0 Å². The van der Waals surface area contributed by atoms with Gasteiger partial charge >= 0.3 is 0 Å². The predicted molar refractivity (Wildman–Crippen MR) is 66.0 cm³/mol. The van der Waals surface area contributed by atoms with Gasteiger partial charge in [0.05, 0.1) is 5.52 Å². The van der Waals surface area contributed by atoms with Gasteiger partial charge in [-0.3, -0.25) is 4.79 Å². The number of aromatic nitrogens is 1. The van der Waals surface area contributed by atoms with Crippen LogP contribution in [-0.4, -0.2) is 4.57 Å². The van der Waals surface area contributed by atoms with E-state index in [1.54, 1.807) is 18.5 Å². The summed E-state index contributed by atoms with van der Waals surface area (Å²) in [7, 11) is 1.75. The third kappa shape index (κ3) is 1.45. The van der Waals surface area contributed by atoms with Crippen molar-refractivity contribution in [3.05, 3.63) is 38.6 Å². The molecule has 0 unspecified atom stereocenters. The molecule has 0 atom stereocenters. The Kier molecular flexibility index (Phi) is 2.31. The van der Waals surface area contributed by atoms with Crippen LogP contribution >= 0.6 is 15.9 Å². The molecule has 1 aromatic heterocycles. The maximum atomic E-state index is 11.8. The van der Waals surface area contributed by atoms with E-state index in [0.29, 0.717) is 11.3 Å². The van der Waals surface area contributed by atoms with Gasteiger partial charge in [-0.15, -0.1) is 0 Å². The van der Waals surface area contributed by atoms with Gasteiger partial charge in [0, 0.05) is 28.2 Å². The summed E-state index contributed by atoms with van der Waals surface area (Å²) < 4.78 is 2.58. The van der Waals surface area contributed by atoms with Crippen molar-refractivity contribution in [1.82, 2.24) is 4.57 Å². The lowest BCUT2D eigenvalue weighted by Crippen LogP contribution is -2.21. The lowest BCUT2D eigenvalue weighted by molar-refractivity contribution is 0.895. The number of fused-ring (bicyclic) bond motifs is 1. The molecule has 1 aromatic carbocycles. The van der Waals surface area contributed by atoms with Crippen LogP contribution in [0.15, 0.2) is 27.5 Å². The molecule has 0 amide bonds. The topological polar surface area (TPSA) is 48.0 Å². The van der Waals surface area contributed by atoms with E-state index in [9.17, 15) is 4.79 Å². The van der Waals surface area contributed by atoms with Crippen LogP contribution in [0.25, 0.3) is 10.9 Å². The zero-order chi connectivity index (χ0) is 11.2. The number of benzene rings is 1. The number of halogens is 1. The SMILES string of the molecule is Cc1c(N)c2cc(Br)ccc2n(C)c1=O. The van der Waals surface area contributed by atoms with Crippen molar-refractivity contribution in [2.45, 2.75) is 6.92 Å². The van der Waals surface area contributed by atoms with Gasteiger partial charge in [-0.25, -0.2) is 0 Å². The number of rotatable bonds is 0. The van der Waals surface area contributed by atoms with E-state index < -0.39 is 0 Å². The maximum absolute atomic E-state index is 11.8. The molecule has 78 valence electrons. The summed E-state index contributed by atoms with van der Waals surface area (Å²) in [5, 5.41) is 0.906. The zero-order valence-corrected chi connectivity index (χ0v) is 10.1. The molecule has 15 heavy (non-hydrogen) atoms. The second-order valence-electron chi connectivity index (χ2n) is 3.56. The minimum absolute atomic E-state index is 0.0395. The van der Waals surface area contributed by atoms with E-state index in [1.807, 2.05) is 18.2 Å². The maximum Gasteiger partial charge on any atom is 0.255 e. The zero-order valence-electron chi connectivity index (χ0n) is 8.54. The molecule has 0 aliphatic rings. The van der Waals surface area contributed by atoms with Gasteiger partial charge < -0.3 is 10.3 Å². The number of hydrogen-bond donors (Lipinski definition) is 1. The molecule has 0 aliphatic carbocycles. The summed E-state index contributed by atoms with van der Waals surface area (Å²) in [4.78, 5) is 11.8. The standard InChI is InChI=1S/C11H11BrN2O/c1-6-10(13)8-5-7(12)3-4-9(8)14(2)11(6)15/h3-5H,13H2,1-2H3. The molecular formula is C11H11BrN2O. The number of nitrogens with two attached hydrogens (primary N) is 1. The Morgan fingerprint density at radius 3 is 2.73 bits per heavy atom. The largest absolute Gasteiger partial charge is 0.398 e. The van der Waals surface area contributed by atoms with Crippen molar-refractivity contribution < 1.29 is 0 Å². The second-order valence-corrected chi connectivity index (χ2v) is 4.48. The van der Waals surface area contributed by atoms with Gasteiger partial charge in [0.1, 0.15) is 0 Å². The Bertz CT molecular complexity index is 602. The van der Waals surface area contributed by atoms with E-state index in [4.69, 9.17) is 5.73 Å². The molecular weight excluding hydrogens is 256 g/mol. The third-order valence-electron chi connectivity index (χ3n) is 2.64. The predicted octanol–water partition coefficient (Wildman–Crippen LogP) is 2.19. The van der Waals surface area contributed by atoms with Crippen molar-refractivity contribution in [3.8, 4) is 0 Å². The molecule has 0 saturated carbocycles. The molecule has 2 aromatic rings. The first-order chi connectivity index (χ1) is 7.02. The second kappa shape index (κ2) is 3.38. The lowest BCUT2D eigenvalue weighted by Gasteiger charge is -2.10. The van der Waals surface area contributed by atoms with E-state index in [1.165, 1.54) is 0 Å². The highest BCUT2D eigenvalue weighted by atomic mass is 79.9. The van der Waals surface area contributed by atoms with Crippen molar-refractivity contribution in [2.24, 2.45) is 7.05 Å². The van der Waals surface area contributed by atoms with Crippen LogP contribution in [0.5, 0.6) is 0 Å². The minimum Gasteiger partial charge on any atom is -0.398 e. The minimum atomic E-state index is -0.0395. The smallest absolute Gasteiger partial charge is 0.255 e. The van der Waals surface area contributed by atoms with Crippen molar-refractivity contribution in [1.29, 1.82) is 0 Å². The molecule has 2 N–H and O–H groups in total. The highest BCUT2D eigenvalue weighted by molar-refractivity contribution is 9.10. The summed E-state index contributed by atoms with van der Waals surface area (Å²) in [5.41, 5.74) is 7.90. The van der Waals surface area contributed by atoms with Gasteiger partial charge in [-0.05, 0) is 25.1 Å². The number of hydrogen-bond acceptors (Lipinski definition) is 2. The summed E-state index contributed by atoms with van der Waals surface area (Å²) in [6.07, 6.45) is 0. The molecule has 4 heteroatoms. The Labute approximate surface area is 95.6 Å². The fraction of sp³-hybridized carbons (Fsp3) is 0.182. The molecule has 0 radical (unpaired) electrons. The average Bonchev–Trinajstić information content (AvgIpc) is 2.23. The third-order valence-corrected chi connectivity index (χ3v) is 3.13. The van der Waals surface area contributed by atoms with E-state index in [-0.39, 0.29) is 5.56 Å². The molecule has 3 nitrogen and oxygen atoms in total. The number of nitrogens with zero attached hydrogens (tertiary/aromatic N) is 1. The van der Waals surface area contributed by atoms with Crippen LogP contribution in [-0.2, 0) is 7.05 Å². The molecule has 0 aliphatic heterocycles. The van der Waals surface area contributed by atoms with Crippen LogP contribution in [0.3, 0.4) is 0 Å². The van der Waals surface area contributed by atoms with Crippen LogP contribution in [0.2, 0.25) is 0 Å². The van der Waals surface area contributed by atoms with Crippen LogP contribution in [0.4, 0.5) is 5.69 Å². The van der Waals surface area contributed by atoms with Gasteiger partial charge in [0.2, 0.25) is 0 Å². The number of pyridine rings is 1. The van der Waals surface area contributed by atoms with Gasteiger partial charge in [0.15, 0.2) is 0 Å². The highest BCUT2D eigenvalue weighted by Gasteiger charge is 2.08. The van der Waals surface area contributed by atoms with Crippen molar-refractivity contribution in [2.75, 3.05) is 5.73 Å². The number of anilines is 1. The molecule has 0 fully saturated rings. The normalized spacial score (nSPS) is 10.9. The van der Waals surface area contributed by atoms with Crippen LogP contribution in [0, 0.1) is 6.92 Å². The van der Waals surface area contributed by atoms with Gasteiger partial charge in [0.25, 0.3) is 5.56 Å². The molecule has 1 heterocycles. The monoisotopic (exact) mass is 266 g/mol. The first-order valence-electron chi connectivity index (χ1n) is 4.56. The molecule has 0 bridgehead atoms. The van der Waals surface area contributed by atoms with E-state index in [0.717, 1.165) is 15.4 Å². The first kappa shape index (κ1) is 10.2. The number of aryl methyl sites for hydroxylation is 1. The summed E-state index contributed by atoms with van der Waals surface area (Å²) in [6.45, 7) is 1.75. The lowest BCUT2D eigenvalue weighted by atomic mass is 10.1. The molecule has 0 spiro atoms. The average molecular weight is 267 g/mol. The first-order valence-corrected chi connectivity index (χ1v) is 5.36. The van der Waals surface area contributed by atoms with E-state index in [2.05, 4.69) is 15.9 Å². The summed E-state index contributed by atoms with van der Waals surface area (Å²) in [6, 6.07) is 5.71.